The summed E-state index contributed by atoms with van der Waals surface area (Å²) in [6, 6.07) is 38.0. The number of dihydropyridines is 1. The summed E-state index contributed by atoms with van der Waals surface area (Å²) in [4.78, 5) is 0. The summed E-state index contributed by atoms with van der Waals surface area (Å²) < 4.78 is 0. The molecule has 1 heterocycles. The van der Waals surface area contributed by atoms with Crippen molar-refractivity contribution in [3.63, 3.8) is 0 Å². The smallest absolute Gasteiger partial charge is 0.0334 e. The van der Waals surface area contributed by atoms with Crippen molar-refractivity contribution in [2.45, 2.75) is 13.8 Å². The molecule has 0 aliphatic carbocycles. The van der Waals surface area contributed by atoms with Crippen molar-refractivity contribution < 1.29 is 0 Å². The number of fused-ring (bicyclic) bond motifs is 3. The van der Waals surface area contributed by atoms with Gasteiger partial charge >= 0.3 is 0 Å². The van der Waals surface area contributed by atoms with Gasteiger partial charge in [0.1, 0.15) is 0 Å². The second-order valence-electron chi connectivity index (χ2n) is 10.3. The predicted molar refractivity (Wildman–Crippen MR) is 164 cm³/mol. The highest BCUT2D eigenvalue weighted by molar-refractivity contribution is 6.23. The Balaban J connectivity index is 1.57. The van der Waals surface area contributed by atoms with Crippen LogP contribution in [0.3, 0.4) is 0 Å². The summed E-state index contributed by atoms with van der Waals surface area (Å²) in [5, 5.41) is 11.0. The maximum atomic E-state index is 3.27. The molecule has 182 valence electrons. The van der Waals surface area contributed by atoms with Gasteiger partial charge in [-0.1, -0.05) is 109 Å². The van der Waals surface area contributed by atoms with Gasteiger partial charge in [-0.15, -0.1) is 0 Å². The molecule has 0 unspecified atom stereocenters. The normalized spacial score (nSPS) is 13.2. The highest BCUT2D eigenvalue weighted by Crippen LogP contribution is 2.46. The van der Waals surface area contributed by atoms with Gasteiger partial charge in [0.25, 0.3) is 0 Å². The molecule has 0 aromatic heterocycles. The van der Waals surface area contributed by atoms with Crippen LogP contribution in [0.4, 0.5) is 0 Å². The lowest BCUT2D eigenvalue weighted by molar-refractivity contribution is 0.975. The number of benzene rings is 6. The molecule has 0 saturated carbocycles. The van der Waals surface area contributed by atoms with E-state index in [0.717, 1.165) is 6.54 Å². The Morgan fingerprint density at radius 3 is 1.68 bits per heavy atom. The minimum Gasteiger partial charge on any atom is -0.387 e. The summed E-state index contributed by atoms with van der Waals surface area (Å²) in [6.45, 7) is 5.37. The molecule has 0 radical (unpaired) electrons. The molecule has 1 aliphatic rings. The van der Waals surface area contributed by atoms with E-state index in [4.69, 9.17) is 0 Å². The maximum Gasteiger partial charge on any atom is 0.0334 e. The Morgan fingerprint density at radius 2 is 1.05 bits per heavy atom. The number of hydrogen-bond acceptors (Lipinski definition) is 1. The third kappa shape index (κ3) is 3.55. The molecule has 0 saturated heterocycles. The van der Waals surface area contributed by atoms with E-state index in [1.54, 1.807) is 0 Å². The minimum absolute atomic E-state index is 0.872. The number of hydrogen-bond donors (Lipinski definition) is 1. The van der Waals surface area contributed by atoms with Gasteiger partial charge < -0.3 is 5.32 Å². The first-order valence-electron chi connectivity index (χ1n) is 13.3. The van der Waals surface area contributed by atoms with Crippen LogP contribution in [-0.2, 0) is 0 Å². The summed E-state index contributed by atoms with van der Waals surface area (Å²) in [6.07, 6.45) is 6.49. The topological polar surface area (TPSA) is 12.0 Å². The third-order valence-corrected chi connectivity index (χ3v) is 7.96. The van der Waals surface area contributed by atoms with Crippen molar-refractivity contribution in [1.29, 1.82) is 0 Å². The van der Waals surface area contributed by atoms with E-state index in [-0.39, 0.29) is 0 Å². The SMILES string of the molecule is Cc1cc(-c2c3ccccc3c(-c3cccc4ccccc34)c3ccccc23)c(C)cc1C1=CCNC=C1. The van der Waals surface area contributed by atoms with Crippen molar-refractivity contribution in [3.05, 3.63) is 138 Å². The van der Waals surface area contributed by atoms with E-state index in [1.165, 1.54) is 76.8 Å². The number of rotatable bonds is 3. The van der Waals surface area contributed by atoms with E-state index in [1.807, 2.05) is 6.20 Å². The van der Waals surface area contributed by atoms with Crippen molar-refractivity contribution in [1.82, 2.24) is 5.32 Å². The van der Waals surface area contributed by atoms with Crippen LogP contribution in [0.15, 0.2) is 121 Å². The van der Waals surface area contributed by atoms with Crippen molar-refractivity contribution in [3.8, 4) is 22.3 Å². The summed E-state index contributed by atoms with van der Waals surface area (Å²) in [7, 11) is 0. The molecule has 38 heavy (non-hydrogen) atoms. The lowest BCUT2D eigenvalue weighted by Crippen LogP contribution is -2.08. The van der Waals surface area contributed by atoms with E-state index >= 15 is 0 Å². The Hall–Kier alpha value is -4.62. The Kier molecular flexibility index (Phi) is 5.37. The maximum absolute atomic E-state index is 3.27. The molecule has 0 fully saturated rings. The fraction of sp³-hybridized carbons (Fsp3) is 0.0811. The summed E-state index contributed by atoms with van der Waals surface area (Å²) >= 11 is 0. The molecule has 0 amide bonds. The van der Waals surface area contributed by atoms with Crippen molar-refractivity contribution >= 4 is 37.9 Å². The van der Waals surface area contributed by atoms with Crippen LogP contribution in [-0.4, -0.2) is 6.54 Å². The number of allylic oxidation sites excluding steroid dienone is 2. The molecule has 6 aromatic rings. The van der Waals surface area contributed by atoms with E-state index in [2.05, 4.69) is 134 Å². The fourth-order valence-corrected chi connectivity index (χ4v) is 6.20. The molecular formula is C37H29N. The van der Waals surface area contributed by atoms with Gasteiger partial charge in [0.05, 0.1) is 0 Å². The van der Waals surface area contributed by atoms with Crippen LogP contribution >= 0.6 is 0 Å². The highest BCUT2D eigenvalue weighted by atomic mass is 14.8. The highest BCUT2D eigenvalue weighted by Gasteiger charge is 2.19. The third-order valence-electron chi connectivity index (χ3n) is 7.96. The second kappa shape index (κ2) is 9.04. The fourth-order valence-electron chi connectivity index (χ4n) is 6.20. The second-order valence-corrected chi connectivity index (χ2v) is 10.3. The zero-order valence-electron chi connectivity index (χ0n) is 21.8. The molecule has 0 spiro atoms. The largest absolute Gasteiger partial charge is 0.387 e. The first-order chi connectivity index (χ1) is 18.7. The average Bonchev–Trinajstić information content (AvgIpc) is 2.97. The van der Waals surface area contributed by atoms with E-state index in [0.29, 0.717) is 0 Å². The van der Waals surface area contributed by atoms with Gasteiger partial charge in [-0.2, -0.15) is 0 Å². The molecule has 0 atom stereocenters. The van der Waals surface area contributed by atoms with E-state index in [9.17, 15) is 0 Å². The first kappa shape index (κ1) is 22.6. The van der Waals surface area contributed by atoms with Gasteiger partial charge in [0.15, 0.2) is 0 Å². The zero-order chi connectivity index (χ0) is 25.6. The van der Waals surface area contributed by atoms with Gasteiger partial charge in [-0.05, 0) is 103 Å². The van der Waals surface area contributed by atoms with Crippen LogP contribution in [0.2, 0.25) is 0 Å². The van der Waals surface area contributed by atoms with Crippen LogP contribution in [0, 0.1) is 13.8 Å². The predicted octanol–water partition coefficient (Wildman–Crippen LogP) is 9.60. The van der Waals surface area contributed by atoms with Gasteiger partial charge in [0, 0.05) is 6.54 Å². The Bertz CT molecular complexity index is 1870. The van der Waals surface area contributed by atoms with Gasteiger partial charge in [0.2, 0.25) is 0 Å². The quantitative estimate of drug-likeness (QED) is 0.245. The lowest BCUT2D eigenvalue weighted by atomic mass is 9.82. The Labute approximate surface area is 223 Å². The zero-order valence-corrected chi connectivity index (χ0v) is 21.8. The van der Waals surface area contributed by atoms with Gasteiger partial charge in [-0.25, -0.2) is 0 Å². The molecule has 7 rings (SSSR count). The van der Waals surface area contributed by atoms with E-state index < -0.39 is 0 Å². The molecule has 1 aliphatic heterocycles. The van der Waals surface area contributed by atoms with Crippen molar-refractivity contribution in [2.24, 2.45) is 0 Å². The van der Waals surface area contributed by atoms with Gasteiger partial charge in [-0.3, -0.25) is 0 Å². The molecule has 1 N–H and O–H groups in total. The Morgan fingerprint density at radius 1 is 0.526 bits per heavy atom. The standard InChI is InChI=1S/C37H29N/c1-24-23-35(25(2)22-34(24)27-18-20-38-21-19-27)37-32-15-7-5-13-30(32)36(31-14-6-8-16-33(31)37)29-17-9-11-26-10-3-4-12-28(26)29/h3-20,22-23,38H,21H2,1-2H3. The average molecular weight is 488 g/mol. The molecule has 0 bridgehead atoms. The summed E-state index contributed by atoms with van der Waals surface area (Å²) in [5.41, 5.74) is 10.4. The molecule has 1 heteroatoms. The van der Waals surface area contributed by atoms with Crippen LogP contribution in [0.1, 0.15) is 16.7 Å². The number of nitrogens with one attached hydrogen (secondary N) is 1. The summed E-state index contributed by atoms with van der Waals surface area (Å²) in [5.74, 6) is 0. The van der Waals surface area contributed by atoms with Crippen molar-refractivity contribution in [2.75, 3.05) is 6.54 Å². The molecule has 6 aromatic carbocycles. The monoisotopic (exact) mass is 487 g/mol. The number of aryl methyl sites for hydroxylation is 2. The van der Waals surface area contributed by atoms with Crippen LogP contribution in [0.25, 0.3) is 60.1 Å². The molecular weight excluding hydrogens is 458 g/mol. The minimum atomic E-state index is 0.872. The van der Waals surface area contributed by atoms with Crippen LogP contribution in [0.5, 0.6) is 0 Å². The van der Waals surface area contributed by atoms with Crippen LogP contribution < -0.4 is 5.32 Å². The first-order valence-corrected chi connectivity index (χ1v) is 13.3. The molecule has 1 nitrogen and oxygen atoms in total. The lowest BCUT2D eigenvalue weighted by Gasteiger charge is -2.21.